The minimum atomic E-state index is -0.0764. The van der Waals surface area contributed by atoms with Crippen molar-refractivity contribution < 1.29 is 4.79 Å². The quantitative estimate of drug-likeness (QED) is 0.781. The molecule has 0 amide bonds. The zero-order chi connectivity index (χ0) is 13.9. The first-order chi connectivity index (χ1) is 9.03. The summed E-state index contributed by atoms with van der Waals surface area (Å²) < 4.78 is 0. The third kappa shape index (κ3) is 3.79. The van der Waals surface area contributed by atoms with Gasteiger partial charge < -0.3 is 9.80 Å². The number of carbonyl (C=O) groups excluding carboxylic acids is 1. The third-order valence-corrected chi connectivity index (χ3v) is 4.88. The molecule has 1 saturated carbocycles. The summed E-state index contributed by atoms with van der Waals surface area (Å²) in [6, 6.07) is 0. The molecule has 0 aromatic rings. The Kier molecular flexibility index (Phi) is 5.02. The lowest BCUT2D eigenvalue weighted by molar-refractivity contribution is -0.135. The summed E-state index contributed by atoms with van der Waals surface area (Å²) in [5, 5.41) is 0. The first-order valence-electron chi connectivity index (χ1n) is 8.02. The van der Waals surface area contributed by atoms with Crippen LogP contribution in [0, 0.1) is 11.3 Å². The van der Waals surface area contributed by atoms with Crippen LogP contribution < -0.4 is 0 Å². The second kappa shape index (κ2) is 6.36. The van der Waals surface area contributed by atoms with Gasteiger partial charge in [0.1, 0.15) is 5.78 Å². The van der Waals surface area contributed by atoms with E-state index in [0.717, 1.165) is 32.5 Å². The van der Waals surface area contributed by atoms with E-state index in [0.29, 0.717) is 11.7 Å². The molecule has 0 N–H and O–H groups in total. The molecular weight excluding hydrogens is 236 g/mol. The van der Waals surface area contributed by atoms with Gasteiger partial charge in [-0.05, 0) is 25.8 Å². The van der Waals surface area contributed by atoms with Crippen LogP contribution in [0.2, 0.25) is 0 Å². The topological polar surface area (TPSA) is 23.6 Å². The number of ketones is 1. The van der Waals surface area contributed by atoms with E-state index in [4.69, 9.17) is 0 Å². The van der Waals surface area contributed by atoms with Crippen molar-refractivity contribution in [3.8, 4) is 0 Å². The molecular formula is C16H30N2O. The highest BCUT2D eigenvalue weighted by Gasteiger charge is 2.37. The number of piperazine rings is 1. The number of hydrogen-bond acceptors (Lipinski definition) is 3. The first-order valence-corrected chi connectivity index (χ1v) is 8.02. The normalized spacial score (nSPS) is 29.6. The molecule has 1 unspecified atom stereocenters. The van der Waals surface area contributed by atoms with Gasteiger partial charge in [0, 0.05) is 44.1 Å². The van der Waals surface area contributed by atoms with E-state index in [1.54, 1.807) is 0 Å². The maximum Gasteiger partial charge on any atom is 0.142 e. The van der Waals surface area contributed by atoms with Crippen LogP contribution in [0.4, 0.5) is 0 Å². The van der Waals surface area contributed by atoms with Gasteiger partial charge in [-0.25, -0.2) is 0 Å². The smallest absolute Gasteiger partial charge is 0.142 e. The Morgan fingerprint density at radius 1 is 1.16 bits per heavy atom. The molecule has 1 heterocycles. The van der Waals surface area contributed by atoms with Gasteiger partial charge in [0.25, 0.3) is 0 Å². The van der Waals surface area contributed by atoms with Crippen LogP contribution in [0.1, 0.15) is 46.5 Å². The van der Waals surface area contributed by atoms with Crippen molar-refractivity contribution in [2.75, 3.05) is 39.3 Å². The first kappa shape index (κ1) is 15.0. The summed E-state index contributed by atoms with van der Waals surface area (Å²) >= 11 is 0. The monoisotopic (exact) mass is 266 g/mol. The summed E-state index contributed by atoms with van der Waals surface area (Å²) in [5.74, 6) is 0.802. The molecule has 3 heteroatoms. The molecule has 1 saturated heterocycles. The predicted octanol–water partition coefficient (Wildman–Crippen LogP) is 2.41. The van der Waals surface area contributed by atoms with Gasteiger partial charge in [0.2, 0.25) is 0 Å². The fourth-order valence-electron chi connectivity index (χ4n) is 3.59. The summed E-state index contributed by atoms with van der Waals surface area (Å²) in [7, 11) is 0. The van der Waals surface area contributed by atoms with E-state index >= 15 is 0 Å². The fraction of sp³-hybridized carbons (Fsp3) is 0.938. The molecule has 2 aliphatic rings. The largest absolute Gasteiger partial charge is 0.301 e. The highest BCUT2D eigenvalue weighted by Crippen LogP contribution is 2.35. The molecule has 1 aliphatic heterocycles. The Balaban J connectivity index is 1.80. The van der Waals surface area contributed by atoms with Gasteiger partial charge in [-0.15, -0.1) is 0 Å². The second-order valence-corrected chi connectivity index (χ2v) is 6.98. The zero-order valence-electron chi connectivity index (χ0n) is 13.0. The Hall–Kier alpha value is -0.410. The van der Waals surface area contributed by atoms with E-state index in [1.807, 2.05) is 0 Å². The highest BCUT2D eigenvalue weighted by atomic mass is 16.1. The number of hydrogen-bond donors (Lipinski definition) is 0. The van der Waals surface area contributed by atoms with Crippen molar-refractivity contribution in [2.45, 2.75) is 46.5 Å². The molecule has 0 aromatic carbocycles. The predicted molar refractivity (Wildman–Crippen MR) is 79.3 cm³/mol. The van der Waals surface area contributed by atoms with Crippen LogP contribution in [-0.2, 0) is 4.79 Å². The Bertz CT molecular complexity index is 306. The highest BCUT2D eigenvalue weighted by molar-refractivity contribution is 5.87. The van der Waals surface area contributed by atoms with Crippen molar-refractivity contribution in [1.29, 1.82) is 0 Å². The lowest BCUT2D eigenvalue weighted by Crippen LogP contribution is -2.50. The van der Waals surface area contributed by atoms with Crippen LogP contribution in [0.3, 0.4) is 0 Å². The minimum absolute atomic E-state index is 0.0764. The summed E-state index contributed by atoms with van der Waals surface area (Å²) in [4.78, 5) is 17.5. The molecule has 2 fully saturated rings. The van der Waals surface area contributed by atoms with Gasteiger partial charge in [-0.1, -0.05) is 27.2 Å². The lowest BCUT2D eigenvalue weighted by Gasteiger charge is -2.39. The number of rotatable bonds is 4. The molecule has 1 atom stereocenters. The van der Waals surface area contributed by atoms with E-state index in [1.165, 1.54) is 32.5 Å². The molecule has 0 spiro atoms. The van der Waals surface area contributed by atoms with Gasteiger partial charge in [0.05, 0.1) is 0 Å². The summed E-state index contributed by atoms with van der Waals surface area (Å²) in [5.41, 5.74) is -0.0764. The SMILES string of the molecule is CCCN1CCN(CC2CCCC(C)(C)C2=O)CC1. The van der Waals surface area contributed by atoms with Crippen LogP contribution >= 0.6 is 0 Å². The maximum atomic E-state index is 12.5. The molecule has 19 heavy (non-hydrogen) atoms. The molecule has 0 radical (unpaired) electrons. The molecule has 0 bridgehead atoms. The Labute approximate surface area is 118 Å². The number of nitrogens with zero attached hydrogens (tertiary/aromatic N) is 2. The second-order valence-electron chi connectivity index (χ2n) is 6.98. The van der Waals surface area contributed by atoms with Crippen molar-refractivity contribution in [2.24, 2.45) is 11.3 Å². The van der Waals surface area contributed by atoms with Gasteiger partial charge in [-0.3, -0.25) is 4.79 Å². The maximum absolute atomic E-state index is 12.5. The van der Waals surface area contributed by atoms with E-state index in [2.05, 4.69) is 30.6 Å². The van der Waals surface area contributed by atoms with Crippen LogP contribution in [0.15, 0.2) is 0 Å². The minimum Gasteiger partial charge on any atom is -0.301 e. The van der Waals surface area contributed by atoms with E-state index in [-0.39, 0.29) is 5.41 Å². The third-order valence-electron chi connectivity index (χ3n) is 4.88. The molecule has 0 aromatic heterocycles. The van der Waals surface area contributed by atoms with Crippen LogP contribution in [-0.4, -0.2) is 54.9 Å². The number of Topliss-reactive ketones (excluding diaryl/α,β-unsaturated/α-hetero) is 1. The molecule has 2 rings (SSSR count). The fourth-order valence-corrected chi connectivity index (χ4v) is 3.59. The Morgan fingerprint density at radius 3 is 2.42 bits per heavy atom. The molecule has 110 valence electrons. The van der Waals surface area contributed by atoms with Gasteiger partial charge in [0.15, 0.2) is 0 Å². The number of carbonyl (C=O) groups is 1. The standard InChI is InChI=1S/C16H30N2O/c1-4-8-17-9-11-18(12-10-17)13-14-6-5-7-16(2,3)15(14)19/h14H,4-13H2,1-3H3. The zero-order valence-corrected chi connectivity index (χ0v) is 13.0. The van der Waals surface area contributed by atoms with Crippen LogP contribution in [0.5, 0.6) is 0 Å². The lowest BCUT2D eigenvalue weighted by atomic mass is 9.71. The van der Waals surface area contributed by atoms with E-state index in [9.17, 15) is 4.79 Å². The molecule has 3 nitrogen and oxygen atoms in total. The van der Waals surface area contributed by atoms with Crippen molar-refractivity contribution >= 4 is 5.78 Å². The van der Waals surface area contributed by atoms with Gasteiger partial charge >= 0.3 is 0 Å². The Morgan fingerprint density at radius 2 is 1.79 bits per heavy atom. The van der Waals surface area contributed by atoms with Gasteiger partial charge in [-0.2, -0.15) is 0 Å². The average Bonchev–Trinajstić information content (AvgIpc) is 2.38. The molecule has 1 aliphatic carbocycles. The average molecular weight is 266 g/mol. The van der Waals surface area contributed by atoms with Crippen LogP contribution in [0.25, 0.3) is 0 Å². The van der Waals surface area contributed by atoms with Crippen molar-refractivity contribution in [3.05, 3.63) is 0 Å². The van der Waals surface area contributed by atoms with E-state index < -0.39 is 0 Å². The summed E-state index contributed by atoms with van der Waals surface area (Å²) in [6.45, 7) is 13.4. The van der Waals surface area contributed by atoms with Crippen molar-refractivity contribution in [3.63, 3.8) is 0 Å². The van der Waals surface area contributed by atoms with Crippen molar-refractivity contribution in [1.82, 2.24) is 9.80 Å². The summed E-state index contributed by atoms with van der Waals surface area (Å²) in [6.07, 6.45) is 4.65.